The molecule has 1 fully saturated rings. The second-order valence-electron chi connectivity index (χ2n) is 3.48. The zero-order valence-corrected chi connectivity index (χ0v) is 8.12. The number of nitrogens with one attached hydrogen (secondary N) is 1. The van der Waals surface area contributed by atoms with Gasteiger partial charge in [-0.15, -0.1) is 0 Å². The van der Waals surface area contributed by atoms with E-state index in [0.717, 1.165) is 18.8 Å². The Morgan fingerprint density at radius 3 is 2.86 bits per heavy atom. The Morgan fingerprint density at radius 1 is 1.50 bits per heavy atom. The number of carbonyl (C=O) groups excluding carboxylic acids is 1. The van der Waals surface area contributed by atoms with E-state index >= 15 is 0 Å². The number of rotatable bonds is 3. The van der Waals surface area contributed by atoms with Crippen molar-refractivity contribution >= 4 is 5.78 Å². The second-order valence-corrected chi connectivity index (χ2v) is 3.48. The Labute approximate surface area is 83.1 Å². The third-order valence-electron chi connectivity index (χ3n) is 2.29. The normalized spacial score (nSPS) is 16.1. The van der Waals surface area contributed by atoms with Gasteiger partial charge in [-0.3, -0.25) is 4.79 Å². The molecule has 1 heterocycles. The van der Waals surface area contributed by atoms with Crippen molar-refractivity contribution in [3.8, 4) is 5.75 Å². The highest BCUT2D eigenvalue weighted by molar-refractivity contribution is 5.94. The summed E-state index contributed by atoms with van der Waals surface area (Å²) in [5, 5.41) is 3.13. The van der Waals surface area contributed by atoms with Crippen LogP contribution in [0.1, 0.15) is 17.3 Å². The Bertz CT molecular complexity index is 345. The Hall–Kier alpha value is -1.35. The highest BCUT2D eigenvalue weighted by Gasteiger charge is 2.18. The summed E-state index contributed by atoms with van der Waals surface area (Å²) in [6.45, 7) is 3.35. The van der Waals surface area contributed by atoms with Gasteiger partial charge in [-0.25, -0.2) is 0 Å². The third kappa shape index (κ3) is 1.93. The van der Waals surface area contributed by atoms with Gasteiger partial charge in [0, 0.05) is 18.7 Å². The number of Topliss-reactive ketones (excluding diaryl/α,β-unsaturated/α-hetero) is 1. The first-order chi connectivity index (χ1) is 6.75. The summed E-state index contributed by atoms with van der Waals surface area (Å²) in [6.07, 6.45) is 0.261. The molecular formula is C11H13NO2. The van der Waals surface area contributed by atoms with Gasteiger partial charge in [-0.2, -0.15) is 0 Å². The molecular weight excluding hydrogens is 178 g/mol. The monoisotopic (exact) mass is 191 g/mol. The van der Waals surface area contributed by atoms with Gasteiger partial charge < -0.3 is 10.1 Å². The first kappa shape index (κ1) is 9.21. The summed E-state index contributed by atoms with van der Waals surface area (Å²) < 4.78 is 5.63. The molecule has 3 heteroatoms. The van der Waals surface area contributed by atoms with Crippen molar-refractivity contribution in [2.45, 2.75) is 13.0 Å². The molecule has 0 atom stereocenters. The van der Waals surface area contributed by atoms with Crippen LogP contribution in [0.3, 0.4) is 0 Å². The molecule has 1 aliphatic heterocycles. The number of benzene rings is 1. The van der Waals surface area contributed by atoms with Crippen LogP contribution in [-0.4, -0.2) is 25.0 Å². The van der Waals surface area contributed by atoms with Crippen LogP contribution in [0, 0.1) is 0 Å². The van der Waals surface area contributed by atoms with Crippen molar-refractivity contribution in [1.29, 1.82) is 0 Å². The molecule has 0 aromatic heterocycles. The quantitative estimate of drug-likeness (QED) is 0.730. The predicted molar refractivity (Wildman–Crippen MR) is 53.7 cm³/mol. The van der Waals surface area contributed by atoms with Crippen molar-refractivity contribution in [3.63, 3.8) is 0 Å². The van der Waals surface area contributed by atoms with Gasteiger partial charge in [0.2, 0.25) is 0 Å². The topological polar surface area (TPSA) is 38.3 Å². The fourth-order valence-electron chi connectivity index (χ4n) is 1.33. The third-order valence-corrected chi connectivity index (χ3v) is 2.29. The zero-order chi connectivity index (χ0) is 9.97. The average molecular weight is 191 g/mol. The lowest BCUT2D eigenvalue weighted by Crippen LogP contribution is -2.50. The van der Waals surface area contributed by atoms with E-state index in [9.17, 15) is 4.79 Å². The molecule has 3 nitrogen and oxygen atoms in total. The van der Waals surface area contributed by atoms with Crippen LogP contribution in [-0.2, 0) is 0 Å². The van der Waals surface area contributed by atoms with Crippen LogP contribution in [0.15, 0.2) is 24.3 Å². The van der Waals surface area contributed by atoms with Gasteiger partial charge in [-0.05, 0) is 19.1 Å². The minimum atomic E-state index is 0.0715. The molecule has 74 valence electrons. The SMILES string of the molecule is CC(=O)c1cccc(OC2CNC2)c1. The smallest absolute Gasteiger partial charge is 0.159 e. The van der Waals surface area contributed by atoms with E-state index in [4.69, 9.17) is 4.74 Å². The molecule has 0 aliphatic carbocycles. The fourth-order valence-corrected chi connectivity index (χ4v) is 1.33. The summed E-state index contributed by atoms with van der Waals surface area (Å²) in [6, 6.07) is 7.32. The van der Waals surface area contributed by atoms with Crippen molar-refractivity contribution in [3.05, 3.63) is 29.8 Å². The van der Waals surface area contributed by atoms with Crippen LogP contribution < -0.4 is 10.1 Å². The van der Waals surface area contributed by atoms with Gasteiger partial charge in [0.1, 0.15) is 11.9 Å². The van der Waals surface area contributed by atoms with Gasteiger partial charge >= 0.3 is 0 Å². The summed E-state index contributed by atoms with van der Waals surface area (Å²) in [4.78, 5) is 11.1. The lowest BCUT2D eigenvalue weighted by Gasteiger charge is -2.27. The van der Waals surface area contributed by atoms with E-state index in [2.05, 4.69) is 5.32 Å². The highest BCUT2D eigenvalue weighted by atomic mass is 16.5. The maximum absolute atomic E-state index is 11.1. The highest BCUT2D eigenvalue weighted by Crippen LogP contribution is 2.16. The molecule has 0 spiro atoms. The van der Waals surface area contributed by atoms with E-state index in [1.165, 1.54) is 0 Å². The first-order valence-corrected chi connectivity index (χ1v) is 4.74. The van der Waals surface area contributed by atoms with Crippen molar-refractivity contribution < 1.29 is 9.53 Å². The number of hydrogen-bond donors (Lipinski definition) is 1. The lowest BCUT2D eigenvalue weighted by molar-refractivity contribution is 0.101. The Kier molecular flexibility index (Phi) is 2.50. The Balaban J connectivity index is 2.09. The molecule has 2 rings (SSSR count). The largest absolute Gasteiger partial charge is 0.488 e. The standard InChI is InChI=1S/C11H13NO2/c1-8(13)9-3-2-4-10(5-9)14-11-6-12-7-11/h2-5,11-12H,6-7H2,1H3. The second kappa shape index (κ2) is 3.80. The summed E-state index contributed by atoms with van der Waals surface area (Å²) in [7, 11) is 0. The molecule has 0 amide bonds. The summed E-state index contributed by atoms with van der Waals surface area (Å²) in [5.41, 5.74) is 0.704. The maximum atomic E-state index is 11.1. The zero-order valence-electron chi connectivity index (χ0n) is 8.12. The van der Waals surface area contributed by atoms with Gasteiger partial charge in [0.25, 0.3) is 0 Å². The number of hydrogen-bond acceptors (Lipinski definition) is 3. The first-order valence-electron chi connectivity index (χ1n) is 4.74. The van der Waals surface area contributed by atoms with Crippen LogP contribution in [0.25, 0.3) is 0 Å². The van der Waals surface area contributed by atoms with Crippen LogP contribution in [0.2, 0.25) is 0 Å². The minimum absolute atomic E-state index is 0.0715. The van der Waals surface area contributed by atoms with Gasteiger partial charge in [0.05, 0.1) is 0 Å². The molecule has 0 saturated carbocycles. The van der Waals surface area contributed by atoms with Gasteiger partial charge in [-0.1, -0.05) is 12.1 Å². The molecule has 1 N–H and O–H groups in total. The maximum Gasteiger partial charge on any atom is 0.159 e. The minimum Gasteiger partial charge on any atom is -0.488 e. The van der Waals surface area contributed by atoms with Crippen molar-refractivity contribution in [1.82, 2.24) is 5.32 Å². The molecule has 14 heavy (non-hydrogen) atoms. The van der Waals surface area contributed by atoms with Crippen molar-refractivity contribution in [2.24, 2.45) is 0 Å². The molecule has 1 aliphatic rings. The number of carbonyl (C=O) groups is 1. The molecule has 1 saturated heterocycles. The Morgan fingerprint density at radius 2 is 2.29 bits per heavy atom. The van der Waals surface area contributed by atoms with Gasteiger partial charge in [0.15, 0.2) is 5.78 Å². The van der Waals surface area contributed by atoms with E-state index < -0.39 is 0 Å². The lowest BCUT2D eigenvalue weighted by atomic mass is 10.1. The predicted octanol–water partition coefficient (Wildman–Crippen LogP) is 1.24. The number of ether oxygens (including phenoxy) is 1. The summed E-state index contributed by atoms with van der Waals surface area (Å²) in [5.74, 6) is 0.853. The van der Waals surface area contributed by atoms with Crippen molar-refractivity contribution in [2.75, 3.05) is 13.1 Å². The molecule has 1 aromatic carbocycles. The van der Waals surface area contributed by atoms with Crippen LogP contribution in [0.4, 0.5) is 0 Å². The fraction of sp³-hybridized carbons (Fsp3) is 0.364. The van der Waals surface area contributed by atoms with E-state index in [-0.39, 0.29) is 11.9 Å². The van der Waals surface area contributed by atoms with E-state index in [0.29, 0.717) is 5.56 Å². The summed E-state index contributed by atoms with van der Waals surface area (Å²) >= 11 is 0. The van der Waals surface area contributed by atoms with E-state index in [1.807, 2.05) is 12.1 Å². The van der Waals surface area contributed by atoms with E-state index in [1.54, 1.807) is 19.1 Å². The molecule has 0 bridgehead atoms. The van der Waals surface area contributed by atoms with Crippen LogP contribution in [0.5, 0.6) is 5.75 Å². The molecule has 0 unspecified atom stereocenters. The average Bonchev–Trinajstić information content (AvgIpc) is 2.12. The molecule has 0 radical (unpaired) electrons. The molecule has 1 aromatic rings. The number of ketones is 1. The van der Waals surface area contributed by atoms with Crippen LogP contribution >= 0.6 is 0 Å².